The van der Waals surface area contributed by atoms with Gasteiger partial charge in [0.25, 0.3) is 11.7 Å². The summed E-state index contributed by atoms with van der Waals surface area (Å²) in [6.07, 6.45) is 0. The van der Waals surface area contributed by atoms with Gasteiger partial charge in [0.15, 0.2) is 0 Å². The summed E-state index contributed by atoms with van der Waals surface area (Å²) in [6.45, 7) is 0. The molecule has 0 spiro atoms. The number of benzene rings is 3. The van der Waals surface area contributed by atoms with Crippen LogP contribution in [0.15, 0.2) is 72.3 Å². The van der Waals surface area contributed by atoms with E-state index in [0.717, 1.165) is 17.0 Å². The van der Waals surface area contributed by atoms with E-state index in [2.05, 4.69) is 0 Å². The van der Waals surface area contributed by atoms with Gasteiger partial charge in [-0.3, -0.25) is 14.5 Å². The van der Waals surface area contributed by atoms with Gasteiger partial charge < -0.3 is 10.2 Å². The molecule has 3 aromatic carbocycles. The second-order valence-corrected chi connectivity index (χ2v) is 7.68. The van der Waals surface area contributed by atoms with Crippen molar-refractivity contribution in [2.45, 2.75) is 6.04 Å². The van der Waals surface area contributed by atoms with Gasteiger partial charge in [-0.05, 0) is 60.2 Å². The van der Waals surface area contributed by atoms with Crippen LogP contribution < -0.4 is 4.90 Å². The fourth-order valence-corrected chi connectivity index (χ4v) is 3.81. The predicted octanol–water partition coefficient (Wildman–Crippen LogP) is 5.46. The van der Waals surface area contributed by atoms with Crippen molar-refractivity contribution in [3.05, 3.63) is 99.3 Å². The van der Waals surface area contributed by atoms with E-state index in [1.807, 2.05) is 0 Å². The number of halogens is 3. The minimum absolute atomic E-state index is 0.0864. The number of Topliss-reactive ketones (excluding diaryl/α,β-unsaturated/α-hetero) is 1. The molecule has 1 amide bonds. The van der Waals surface area contributed by atoms with Gasteiger partial charge in [0.1, 0.15) is 17.3 Å². The average Bonchev–Trinajstić information content (AvgIpc) is 3.01. The quantitative estimate of drug-likeness (QED) is 0.310. The topological polar surface area (TPSA) is 77.8 Å². The molecule has 156 valence electrons. The summed E-state index contributed by atoms with van der Waals surface area (Å²) in [5.74, 6) is -2.88. The summed E-state index contributed by atoms with van der Waals surface area (Å²) < 4.78 is 13.4. The third-order valence-corrected chi connectivity index (χ3v) is 5.67. The first-order valence-electron chi connectivity index (χ1n) is 9.09. The number of nitrogens with zero attached hydrogens (tertiary/aromatic N) is 1. The highest BCUT2D eigenvalue weighted by molar-refractivity contribution is 6.51. The highest BCUT2D eigenvalue weighted by Crippen LogP contribution is 2.43. The normalized spacial score (nSPS) is 17.9. The maximum absolute atomic E-state index is 13.4. The zero-order valence-electron chi connectivity index (χ0n) is 15.7. The van der Waals surface area contributed by atoms with Gasteiger partial charge in [0.2, 0.25) is 0 Å². The number of anilines is 1. The SMILES string of the molecule is O=C1C(=O)N(c2ccc(F)cc2)C(c2cccc(O)c2)/C1=C(/O)c1ccc(Cl)c(Cl)c1. The number of hydrogen-bond donors (Lipinski definition) is 2. The second-order valence-electron chi connectivity index (χ2n) is 6.87. The van der Waals surface area contributed by atoms with Crippen LogP contribution in [0.25, 0.3) is 5.76 Å². The van der Waals surface area contributed by atoms with Crippen LogP contribution >= 0.6 is 23.2 Å². The van der Waals surface area contributed by atoms with Crippen molar-refractivity contribution in [3.63, 3.8) is 0 Å². The number of carbonyl (C=O) groups excluding carboxylic acids is 2. The molecule has 0 radical (unpaired) electrons. The maximum atomic E-state index is 13.4. The van der Waals surface area contributed by atoms with Gasteiger partial charge in [-0.25, -0.2) is 4.39 Å². The Morgan fingerprint density at radius 3 is 2.29 bits per heavy atom. The molecule has 1 saturated heterocycles. The van der Waals surface area contributed by atoms with E-state index in [9.17, 15) is 24.2 Å². The number of amides is 1. The Morgan fingerprint density at radius 2 is 1.65 bits per heavy atom. The molecular weight excluding hydrogens is 444 g/mol. The maximum Gasteiger partial charge on any atom is 0.300 e. The molecule has 1 aliphatic heterocycles. The number of hydrogen-bond acceptors (Lipinski definition) is 4. The number of rotatable bonds is 3. The molecule has 3 aromatic rings. The number of carbonyl (C=O) groups is 2. The van der Waals surface area contributed by atoms with Gasteiger partial charge in [-0.15, -0.1) is 0 Å². The predicted molar refractivity (Wildman–Crippen MR) is 116 cm³/mol. The first kappa shape index (κ1) is 20.9. The van der Waals surface area contributed by atoms with E-state index in [1.165, 1.54) is 42.5 Å². The van der Waals surface area contributed by atoms with Crippen LogP contribution in [-0.2, 0) is 9.59 Å². The number of phenolic OH excluding ortho intramolecular Hbond substituents is 1. The molecule has 1 atom stereocenters. The third kappa shape index (κ3) is 3.76. The first-order chi connectivity index (χ1) is 14.8. The highest BCUT2D eigenvalue weighted by atomic mass is 35.5. The summed E-state index contributed by atoms with van der Waals surface area (Å²) in [5.41, 5.74) is 0.630. The number of phenols is 1. The van der Waals surface area contributed by atoms with Crippen molar-refractivity contribution >= 4 is 46.3 Å². The van der Waals surface area contributed by atoms with Gasteiger partial charge >= 0.3 is 0 Å². The molecule has 0 saturated carbocycles. The van der Waals surface area contributed by atoms with Crippen LogP contribution in [0.2, 0.25) is 10.0 Å². The lowest BCUT2D eigenvalue weighted by atomic mass is 9.95. The lowest BCUT2D eigenvalue weighted by Gasteiger charge is -2.25. The van der Waals surface area contributed by atoms with Crippen molar-refractivity contribution in [1.29, 1.82) is 0 Å². The molecule has 0 aliphatic carbocycles. The molecule has 1 unspecified atom stereocenters. The zero-order chi connectivity index (χ0) is 22.3. The lowest BCUT2D eigenvalue weighted by molar-refractivity contribution is -0.132. The number of aromatic hydroxyl groups is 1. The number of aliphatic hydroxyl groups is 1. The van der Waals surface area contributed by atoms with E-state index < -0.39 is 29.3 Å². The Hall–Kier alpha value is -3.35. The molecule has 0 aromatic heterocycles. The number of ketones is 1. The van der Waals surface area contributed by atoms with Gasteiger partial charge in [-0.1, -0.05) is 35.3 Å². The molecule has 31 heavy (non-hydrogen) atoms. The molecule has 5 nitrogen and oxygen atoms in total. The van der Waals surface area contributed by atoms with E-state index in [-0.39, 0.29) is 32.6 Å². The largest absolute Gasteiger partial charge is 0.508 e. The van der Waals surface area contributed by atoms with Crippen molar-refractivity contribution in [2.75, 3.05) is 4.90 Å². The molecule has 1 aliphatic rings. The van der Waals surface area contributed by atoms with Crippen molar-refractivity contribution in [3.8, 4) is 5.75 Å². The highest BCUT2D eigenvalue weighted by Gasteiger charge is 2.47. The van der Waals surface area contributed by atoms with Crippen LogP contribution in [0.1, 0.15) is 17.2 Å². The van der Waals surface area contributed by atoms with Gasteiger partial charge in [0.05, 0.1) is 21.7 Å². The zero-order valence-corrected chi connectivity index (χ0v) is 17.2. The Morgan fingerprint density at radius 1 is 0.935 bits per heavy atom. The molecule has 8 heteroatoms. The summed E-state index contributed by atoms with van der Waals surface area (Å²) >= 11 is 12.0. The van der Waals surface area contributed by atoms with E-state index in [4.69, 9.17) is 23.2 Å². The van der Waals surface area contributed by atoms with Gasteiger partial charge in [-0.2, -0.15) is 0 Å². The molecular formula is C23H14Cl2FNO4. The molecule has 0 bridgehead atoms. The Balaban J connectivity index is 1.96. The molecule has 1 fully saturated rings. The fraction of sp³-hybridized carbons (Fsp3) is 0.0435. The second kappa shape index (κ2) is 8.06. The average molecular weight is 458 g/mol. The molecule has 4 rings (SSSR count). The minimum Gasteiger partial charge on any atom is -0.508 e. The van der Waals surface area contributed by atoms with Crippen LogP contribution in [0.4, 0.5) is 10.1 Å². The van der Waals surface area contributed by atoms with E-state index >= 15 is 0 Å². The Bertz CT molecular complexity index is 1240. The standard InChI is InChI=1S/C23H14Cl2FNO4/c24-17-9-4-13(11-18(17)25)21(29)19-20(12-2-1-3-16(28)10-12)27(23(31)22(19)30)15-7-5-14(26)6-8-15/h1-11,20,28-29H/b21-19-. The van der Waals surface area contributed by atoms with Crippen molar-refractivity contribution in [1.82, 2.24) is 0 Å². The van der Waals surface area contributed by atoms with Crippen molar-refractivity contribution < 1.29 is 24.2 Å². The Labute approximate surface area is 186 Å². The minimum atomic E-state index is -1.06. The summed E-state index contributed by atoms with van der Waals surface area (Å²) in [7, 11) is 0. The van der Waals surface area contributed by atoms with Gasteiger partial charge in [0, 0.05) is 11.3 Å². The molecule has 2 N–H and O–H groups in total. The van der Waals surface area contributed by atoms with Crippen LogP contribution in [0.3, 0.4) is 0 Å². The monoisotopic (exact) mass is 457 g/mol. The van der Waals surface area contributed by atoms with Crippen LogP contribution in [0.5, 0.6) is 5.75 Å². The third-order valence-electron chi connectivity index (χ3n) is 4.93. The van der Waals surface area contributed by atoms with Crippen molar-refractivity contribution in [2.24, 2.45) is 0 Å². The smallest absolute Gasteiger partial charge is 0.300 e. The van der Waals surface area contributed by atoms with E-state index in [0.29, 0.717) is 5.56 Å². The van der Waals surface area contributed by atoms with Crippen LogP contribution in [-0.4, -0.2) is 21.9 Å². The summed E-state index contributed by atoms with van der Waals surface area (Å²) in [4.78, 5) is 27.1. The fourth-order valence-electron chi connectivity index (χ4n) is 3.51. The number of aliphatic hydroxyl groups excluding tert-OH is 1. The summed E-state index contributed by atoms with van der Waals surface area (Å²) in [6, 6.07) is 14.2. The van der Waals surface area contributed by atoms with E-state index in [1.54, 1.807) is 12.1 Å². The lowest BCUT2D eigenvalue weighted by Crippen LogP contribution is -2.29. The molecule has 1 heterocycles. The summed E-state index contributed by atoms with van der Waals surface area (Å²) in [5, 5.41) is 21.4. The Kier molecular flexibility index (Phi) is 5.43. The first-order valence-corrected chi connectivity index (χ1v) is 9.84. The van der Waals surface area contributed by atoms with Crippen LogP contribution in [0, 0.1) is 5.82 Å².